The highest BCUT2D eigenvalue weighted by atomic mass is 35.5. The maximum absolute atomic E-state index is 11.5. The number of rotatable bonds is 8. The van der Waals surface area contributed by atoms with Crippen LogP contribution in [0.15, 0.2) is 33.8 Å². The number of hydrogen-bond donors (Lipinski definition) is 3. The van der Waals surface area contributed by atoms with E-state index in [-0.39, 0.29) is 5.91 Å². The molecular weight excluding hydrogens is 418 g/mol. The van der Waals surface area contributed by atoms with Crippen molar-refractivity contribution in [2.24, 2.45) is 4.99 Å². The summed E-state index contributed by atoms with van der Waals surface area (Å²) in [4.78, 5) is 22.8. The Balaban J connectivity index is 1.48. The second kappa shape index (κ2) is 11.7. The predicted octanol–water partition coefficient (Wildman–Crippen LogP) is 1.70. The normalized spacial score (nSPS) is 15.6. The summed E-state index contributed by atoms with van der Waals surface area (Å²) < 4.78 is 5.35. The van der Waals surface area contributed by atoms with Crippen LogP contribution in [0.2, 0.25) is 5.02 Å². The Morgan fingerprint density at radius 3 is 2.87 bits per heavy atom. The van der Waals surface area contributed by atoms with Crippen LogP contribution in [0.5, 0.6) is 0 Å². The number of likely N-dealkylation sites (N-methyl/N-ethyl adjacent to an activating group) is 1. The van der Waals surface area contributed by atoms with E-state index in [9.17, 15) is 4.79 Å². The van der Waals surface area contributed by atoms with Gasteiger partial charge in [-0.25, -0.2) is 0 Å². The maximum Gasteiger partial charge on any atom is 0.233 e. The van der Waals surface area contributed by atoms with E-state index in [4.69, 9.17) is 16.1 Å². The second-order valence-corrected chi connectivity index (χ2v) is 7.84. The number of halogens is 1. The van der Waals surface area contributed by atoms with Gasteiger partial charge in [-0.05, 0) is 31.9 Å². The van der Waals surface area contributed by atoms with Gasteiger partial charge < -0.3 is 20.5 Å². The van der Waals surface area contributed by atoms with Crippen molar-refractivity contribution in [3.05, 3.63) is 35.2 Å². The smallest absolute Gasteiger partial charge is 0.233 e. The SMILES string of the molecule is CCNC(=NCCc1nc(-c2cccc(Cl)c2)no1)NC1CCN(CC(=O)NC)CC1. The van der Waals surface area contributed by atoms with E-state index in [1.807, 2.05) is 31.2 Å². The number of nitrogens with zero attached hydrogens (tertiary/aromatic N) is 4. The molecule has 1 aliphatic rings. The van der Waals surface area contributed by atoms with Gasteiger partial charge in [-0.3, -0.25) is 14.7 Å². The third-order valence-corrected chi connectivity index (χ3v) is 5.30. The minimum atomic E-state index is 0.0563. The molecule has 0 unspecified atom stereocenters. The summed E-state index contributed by atoms with van der Waals surface area (Å²) in [5.74, 6) is 1.90. The molecule has 0 radical (unpaired) electrons. The lowest BCUT2D eigenvalue weighted by molar-refractivity contribution is -0.122. The summed E-state index contributed by atoms with van der Waals surface area (Å²) >= 11 is 6.03. The number of likely N-dealkylation sites (tertiary alicyclic amines) is 1. The number of amides is 1. The fraction of sp³-hybridized carbons (Fsp3) is 0.524. The van der Waals surface area contributed by atoms with Crippen LogP contribution in [0, 0.1) is 0 Å². The molecule has 1 aliphatic heterocycles. The number of benzene rings is 1. The van der Waals surface area contributed by atoms with Crippen molar-refractivity contribution in [2.45, 2.75) is 32.2 Å². The van der Waals surface area contributed by atoms with E-state index in [0.717, 1.165) is 44.0 Å². The molecule has 2 heterocycles. The first kappa shape index (κ1) is 23.0. The lowest BCUT2D eigenvalue weighted by Gasteiger charge is -2.32. The number of piperidine rings is 1. The average Bonchev–Trinajstić information content (AvgIpc) is 3.24. The molecule has 1 saturated heterocycles. The Morgan fingerprint density at radius 1 is 1.35 bits per heavy atom. The summed E-state index contributed by atoms with van der Waals surface area (Å²) in [6.45, 7) is 5.58. The summed E-state index contributed by atoms with van der Waals surface area (Å²) in [5, 5.41) is 14.1. The largest absolute Gasteiger partial charge is 0.358 e. The highest BCUT2D eigenvalue weighted by Gasteiger charge is 2.21. The van der Waals surface area contributed by atoms with Crippen LogP contribution in [0.1, 0.15) is 25.7 Å². The van der Waals surface area contributed by atoms with Crippen molar-refractivity contribution >= 4 is 23.5 Å². The zero-order chi connectivity index (χ0) is 22.1. The fourth-order valence-electron chi connectivity index (χ4n) is 3.40. The van der Waals surface area contributed by atoms with Gasteiger partial charge in [-0.15, -0.1) is 0 Å². The number of aliphatic imine (C=N–C) groups is 1. The van der Waals surface area contributed by atoms with E-state index >= 15 is 0 Å². The monoisotopic (exact) mass is 447 g/mol. The first-order chi connectivity index (χ1) is 15.1. The first-order valence-corrected chi connectivity index (χ1v) is 11.0. The van der Waals surface area contributed by atoms with E-state index in [2.05, 4.69) is 36.0 Å². The Morgan fingerprint density at radius 2 is 2.16 bits per heavy atom. The van der Waals surface area contributed by atoms with Crippen molar-refractivity contribution in [1.29, 1.82) is 0 Å². The molecule has 168 valence electrons. The molecule has 1 amide bonds. The van der Waals surface area contributed by atoms with Crippen molar-refractivity contribution in [2.75, 3.05) is 39.8 Å². The number of carbonyl (C=O) groups is 1. The van der Waals surface area contributed by atoms with Crippen LogP contribution in [0.25, 0.3) is 11.4 Å². The minimum Gasteiger partial charge on any atom is -0.358 e. The Bertz CT molecular complexity index is 878. The van der Waals surface area contributed by atoms with Crippen LogP contribution >= 0.6 is 11.6 Å². The molecule has 1 aromatic carbocycles. The van der Waals surface area contributed by atoms with Crippen LogP contribution < -0.4 is 16.0 Å². The van der Waals surface area contributed by atoms with E-state index in [1.165, 1.54) is 0 Å². The standard InChI is InChI=1S/C21H30ClN7O2/c1-3-24-21(26-17-8-11-29(12-9-17)14-18(30)23-2)25-10-7-19-27-20(28-31-19)15-5-4-6-16(22)13-15/h4-6,13,17H,3,7-12,14H2,1-2H3,(H,23,30)(H2,24,25,26). The zero-order valence-electron chi connectivity index (χ0n) is 18.0. The zero-order valence-corrected chi connectivity index (χ0v) is 18.8. The molecule has 10 heteroatoms. The van der Waals surface area contributed by atoms with Crippen molar-refractivity contribution < 1.29 is 9.32 Å². The number of guanidine groups is 1. The molecule has 3 rings (SSSR count). The molecule has 0 bridgehead atoms. The number of nitrogens with one attached hydrogen (secondary N) is 3. The van der Waals surface area contributed by atoms with Gasteiger partial charge in [0.25, 0.3) is 0 Å². The van der Waals surface area contributed by atoms with Crippen LogP contribution in [0.4, 0.5) is 0 Å². The molecule has 9 nitrogen and oxygen atoms in total. The van der Waals surface area contributed by atoms with E-state index in [0.29, 0.717) is 42.3 Å². The molecule has 0 atom stereocenters. The van der Waals surface area contributed by atoms with Gasteiger partial charge in [0.2, 0.25) is 17.6 Å². The third kappa shape index (κ3) is 7.22. The second-order valence-electron chi connectivity index (χ2n) is 7.40. The lowest BCUT2D eigenvalue weighted by atomic mass is 10.1. The molecular formula is C21H30ClN7O2. The lowest BCUT2D eigenvalue weighted by Crippen LogP contribution is -2.50. The van der Waals surface area contributed by atoms with Gasteiger partial charge in [0.05, 0.1) is 13.1 Å². The minimum absolute atomic E-state index is 0.0563. The molecule has 0 saturated carbocycles. The number of carbonyl (C=O) groups excluding carboxylic acids is 1. The average molecular weight is 448 g/mol. The van der Waals surface area contributed by atoms with Gasteiger partial charge in [0, 0.05) is 49.7 Å². The topological polar surface area (TPSA) is 108 Å². The first-order valence-electron chi connectivity index (χ1n) is 10.6. The van der Waals surface area contributed by atoms with Crippen molar-refractivity contribution in [3.63, 3.8) is 0 Å². The quantitative estimate of drug-likeness (QED) is 0.417. The Labute approximate surface area is 187 Å². The van der Waals surface area contributed by atoms with Crippen molar-refractivity contribution in [1.82, 2.24) is 31.0 Å². The summed E-state index contributed by atoms with van der Waals surface area (Å²) in [6.07, 6.45) is 2.48. The summed E-state index contributed by atoms with van der Waals surface area (Å²) in [6, 6.07) is 7.70. The molecule has 0 spiro atoms. The maximum atomic E-state index is 11.5. The Kier molecular flexibility index (Phi) is 8.66. The van der Waals surface area contributed by atoms with Crippen LogP contribution in [0.3, 0.4) is 0 Å². The third-order valence-electron chi connectivity index (χ3n) is 5.07. The number of aromatic nitrogens is 2. The molecule has 3 N–H and O–H groups in total. The molecule has 1 fully saturated rings. The summed E-state index contributed by atoms with van der Waals surface area (Å²) in [7, 11) is 1.67. The highest BCUT2D eigenvalue weighted by molar-refractivity contribution is 6.30. The summed E-state index contributed by atoms with van der Waals surface area (Å²) in [5.41, 5.74) is 0.823. The van der Waals surface area contributed by atoms with E-state index in [1.54, 1.807) is 7.05 Å². The number of hydrogen-bond acceptors (Lipinski definition) is 6. The molecule has 2 aromatic rings. The van der Waals surface area contributed by atoms with Gasteiger partial charge >= 0.3 is 0 Å². The highest BCUT2D eigenvalue weighted by Crippen LogP contribution is 2.20. The van der Waals surface area contributed by atoms with Crippen molar-refractivity contribution in [3.8, 4) is 11.4 Å². The molecule has 31 heavy (non-hydrogen) atoms. The van der Waals surface area contributed by atoms with Crippen LogP contribution in [-0.2, 0) is 11.2 Å². The predicted molar refractivity (Wildman–Crippen MR) is 121 cm³/mol. The Hall–Kier alpha value is -2.65. The fourth-order valence-corrected chi connectivity index (χ4v) is 3.59. The van der Waals surface area contributed by atoms with Gasteiger partial charge in [0.15, 0.2) is 5.96 Å². The van der Waals surface area contributed by atoms with E-state index < -0.39 is 0 Å². The van der Waals surface area contributed by atoms with Gasteiger partial charge in [-0.1, -0.05) is 28.9 Å². The van der Waals surface area contributed by atoms with Gasteiger partial charge in [0.1, 0.15) is 0 Å². The van der Waals surface area contributed by atoms with Crippen LogP contribution in [-0.4, -0.2) is 72.7 Å². The molecule has 1 aromatic heterocycles. The molecule has 0 aliphatic carbocycles. The van der Waals surface area contributed by atoms with Gasteiger partial charge in [-0.2, -0.15) is 4.98 Å².